The van der Waals surface area contributed by atoms with E-state index in [0.29, 0.717) is 26.1 Å². The Bertz CT molecular complexity index is 944. The molecule has 0 bridgehead atoms. The van der Waals surface area contributed by atoms with E-state index in [1.807, 2.05) is 40.1 Å². The Hall–Kier alpha value is -2.96. The van der Waals surface area contributed by atoms with Crippen molar-refractivity contribution in [2.24, 2.45) is 0 Å². The monoisotopic (exact) mass is 437 g/mol. The maximum atomic E-state index is 12.8. The molecule has 170 valence electrons. The van der Waals surface area contributed by atoms with Crippen LogP contribution in [-0.4, -0.2) is 53.5 Å². The number of furan rings is 1. The summed E-state index contributed by atoms with van der Waals surface area (Å²) in [4.78, 5) is 29.5. The largest absolute Gasteiger partial charge is 0.487 e. The number of likely N-dealkylation sites (tertiary alicyclic amines) is 2. The third-order valence-electron chi connectivity index (χ3n) is 7.10. The maximum absolute atomic E-state index is 12.8. The van der Waals surface area contributed by atoms with E-state index < -0.39 is 0 Å². The summed E-state index contributed by atoms with van der Waals surface area (Å²) >= 11 is 0. The second-order valence-electron chi connectivity index (χ2n) is 9.25. The first-order valence-corrected chi connectivity index (χ1v) is 11.7. The molecule has 1 atom stereocenters. The highest BCUT2D eigenvalue weighted by molar-refractivity contribution is 5.77. The minimum Gasteiger partial charge on any atom is -0.487 e. The van der Waals surface area contributed by atoms with Crippen LogP contribution >= 0.6 is 0 Å². The van der Waals surface area contributed by atoms with Crippen molar-refractivity contribution in [3.05, 3.63) is 54.0 Å². The van der Waals surface area contributed by atoms with Crippen molar-refractivity contribution < 1.29 is 18.7 Å². The quantitative estimate of drug-likeness (QED) is 0.787. The van der Waals surface area contributed by atoms with Gasteiger partial charge in [-0.2, -0.15) is 0 Å². The fraction of sp³-hybridized carbons (Fsp3) is 0.520. The first kappa shape index (κ1) is 20.9. The average molecular weight is 438 g/mol. The third-order valence-corrected chi connectivity index (χ3v) is 7.10. The summed E-state index contributed by atoms with van der Waals surface area (Å²) in [6.07, 6.45) is 6.63. The van der Waals surface area contributed by atoms with Gasteiger partial charge >= 0.3 is 6.03 Å². The molecule has 0 aliphatic carbocycles. The average Bonchev–Trinajstić information content (AvgIpc) is 3.52. The predicted molar refractivity (Wildman–Crippen MR) is 119 cm³/mol. The standard InChI is InChI=1S/C25H31N3O4/c29-23(26-18-20-6-5-15-31-20)16-19-17-25(32-22-8-2-1-7-21(19)22)9-13-28(14-10-25)24(30)27-11-3-4-12-27/h1-2,5-8,15,19H,3-4,9-14,16-18H2,(H,26,29)/t19-/m1/s1. The van der Waals surface area contributed by atoms with Gasteiger partial charge < -0.3 is 24.3 Å². The van der Waals surface area contributed by atoms with Crippen LogP contribution in [0.5, 0.6) is 5.75 Å². The maximum Gasteiger partial charge on any atom is 0.320 e. The molecule has 3 amide bonds. The van der Waals surface area contributed by atoms with E-state index in [-0.39, 0.29) is 23.5 Å². The molecule has 1 spiro atoms. The summed E-state index contributed by atoms with van der Waals surface area (Å²) < 4.78 is 11.9. The van der Waals surface area contributed by atoms with Gasteiger partial charge in [-0.1, -0.05) is 18.2 Å². The molecular weight excluding hydrogens is 406 g/mol. The Morgan fingerprint density at radius 1 is 1.00 bits per heavy atom. The molecular formula is C25H31N3O4. The highest BCUT2D eigenvalue weighted by atomic mass is 16.5. The van der Waals surface area contributed by atoms with E-state index in [1.54, 1.807) is 6.26 Å². The fourth-order valence-corrected chi connectivity index (χ4v) is 5.34. The van der Waals surface area contributed by atoms with Crippen molar-refractivity contribution in [2.75, 3.05) is 26.2 Å². The second-order valence-corrected chi connectivity index (χ2v) is 9.25. The topological polar surface area (TPSA) is 75.0 Å². The van der Waals surface area contributed by atoms with Crippen LogP contribution in [0.3, 0.4) is 0 Å². The molecule has 5 rings (SSSR count). The number of carbonyl (C=O) groups is 2. The number of nitrogens with zero attached hydrogens (tertiary/aromatic N) is 2. The van der Waals surface area contributed by atoms with Gasteiger partial charge in [-0.05, 0) is 43.0 Å². The molecule has 1 aromatic heterocycles. The van der Waals surface area contributed by atoms with Gasteiger partial charge in [0.15, 0.2) is 0 Å². The van der Waals surface area contributed by atoms with Gasteiger partial charge in [0.25, 0.3) is 0 Å². The van der Waals surface area contributed by atoms with Gasteiger partial charge in [-0.3, -0.25) is 4.79 Å². The number of hydrogen-bond acceptors (Lipinski definition) is 4. The molecule has 3 aliphatic heterocycles. The molecule has 32 heavy (non-hydrogen) atoms. The minimum atomic E-state index is -0.317. The number of piperidine rings is 1. The summed E-state index contributed by atoms with van der Waals surface area (Å²) in [5.74, 6) is 1.73. The number of nitrogens with one attached hydrogen (secondary N) is 1. The van der Waals surface area contributed by atoms with E-state index >= 15 is 0 Å². The lowest BCUT2D eigenvalue weighted by molar-refractivity contribution is -0.122. The van der Waals surface area contributed by atoms with Crippen LogP contribution in [0.2, 0.25) is 0 Å². The van der Waals surface area contributed by atoms with E-state index in [9.17, 15) is 9.59 Å². The Kier molecular flexibility index (Phi) is 5.81. The Labute approximate surface area is 188 Å². The zero-order valence-corrected chi connectivity index (χ0v) is 18.4. The molecule has 2 saturated heterocycles. The van der Waals surface area contributed by atoms with E-state index in [2.05, 4.69) is 11.4 Å². The van der Waals surface area contributed by atoms with Crippen LogP contribution in [0.1, 0.15) is 55.8 Å². The van der Waals surface area contributed by atoms with Gasteiger partial charge in [0.1, 0.15) is 17.1 Å². The number of para-hydroxylation sites is 1. The summed E-state index contributed by atoms with van der Waals surface area (Å²) in [5.41, 5.74) is 0.782. The number of urea groups is 1. The SMILES string of the molecule is O=C(C[C@@H]1CC2(CCN(C(=O)N3CCCC3)CC2)Oc2ccccc21)NCc1ccco1. The first-order chi connectivity index (χ1) is 15.6. The summed E-state index contributed by atoms with van der Waals surface area (Å²) in [6, 6.07) is 11.9. The lowest BCUT2D eigenvalue weighted by Crippen LogP contribution is -2.54. The van der Waals surface area contributed by atoms with Gasteiger partial charge in [0, 0.05) is 51.4 Å². The van der Waals surface area contributed by atoms with Gasteiger partial charge in [0.05, 0.1) is 12.8 Å². The summed E-state index contributed by atoms with van der Waals surface area (Å²) in [6.45, 7) is 3.55. The van der Waals surface area contributed by atoms with Crippen LogP contribution in [0.4, 0.5) is 4.79 Å². The zero-order valence-electron chi connectivity index (χ0n) is 18.4. The minimum absolute atomic E-state index is 0.0138. The molecule has 0 saturated carbocycles. The van der Waals surface area contributed by atoms with Crippen LogP contribution in [0, 0.1) is 0 Å². The number of rotatable bonds is 4. The molecule has 0 radical (unpaired) electrons. The lowest BCUT2D eigenvalue weighted by atomic mass is 9.76. The number of hydrogen-bond donors (Lipinski definition) is 1. The van der Waals surface area contributed by atoms with Crippen molar-refractivity contribution in [2.45, 2.75) is 56.6 Å². The Morgan fingerprint density at radius 3 is 2.50 bits per heavy atom. The van der Waals surface area contributed by atoms with Crippen LogP contribution in [-0.2, 0) is 11.3 Å². The Balaban J connectivity index is 1.25. The van der Waals surface area contributed by atoms with Crippen molar-refractivity contribution in [3.8, 4) is 5.75 Å². The van der Waals surface area contributed by atoms with Gasteiger partial charge in [-0.15, -0.1) is 0 Å². The second kappa shape index (κ2) is 8.88. The smallest absolute Gasteiger partial charge is 0.320 e. The van der Waals surface area contributed by atoms with Crippen LogP contribution in [0.25, 0.3) is 0 Å². The number of ether oxygens (including phenoxy) is 1. The molecule has 4 heterocycles. The molecule has 1 aromatic carbocycles. The van der Waals surface area contributed by atoms with Crippen LogP contribution in [0.15, 0.2) is 47.1 Å². The fourth-order valence-electron chi connectivity index (χ4n) is 5.34. The van der Waals surface area contributed by atoms with Crippen molar-refractivity contribution >= 4 is 11.9 Å². The lowest BCUT2D eigenvalue weighted by Gasteiger charge is -2.47. The molecule has 7 heteroatoms. The van der Waals surface area contributed by atoms with Crippen molar-refractivity contribution in [1.29, 1.82) is 0 Å². The predicted octanol–water partition coefficient (Wildman–Crippen LogP) is 3.90. The summed E-state index contributed by atoms with van der Waals surface area (Å²) in [5, 5.41) is 2.98. The Morgan fingerprint density at radius 2 is 1.75 bits per heavy atom. The summed E-state index contributed by atoms with van der Waals surface area (Å²) in [7, 11) is 0. The highest BCUT2D eigenvalue weighted by Gasteiger charge is 2.44. The number of fused-ring (bicyclic) bond motifs is 1. The van der Waals surface area contributed by atoms with E-state index in [0.717, 1.165) is 62.3 Å². The molecule has 1 N–H and O–H groups in total. The third kappa shape index (κ3) is 4.33. The molecule has 7 nitrogen and oxygen atoms in total. The highest BCUT2D eigenvalue weighted by Crippen LogP contribution is 2.46. The van der Waals surface area contributed by atoms with Gasteiger partial charge in [-0.25, -0.2) is 4.79 Å². The van der Waals surface area contributed by atoms with Crippen molar-refractivity contribution in [1.82, 2.24) is 15.1 Å². The molecule has 0 unspecified atom stereocenters. The normalized spacial score (nSPS) is 21.8. The number of amides is 3. The zero-order chi connectivity index (χ0) is 22.0. The van der Waals surface area contributed by atoms with Gasteiger partial charge in [0.2, 0.25) is 5.91 Å². The first-order valence-electron chi connectivity index (χ1n) is 11.7. The molecule has 3 aliphatic rings. The van der Waals surface area contributed by atoms with E-state index in [1.165, 1.54) is 0 Å². The number of carbonyl (C=O) groups excluding carboxylic acids is 2. The van der Waals surface area contributed by atoms with Crippen LogP contribution < -0.4 is 10.1 Å². The van der Waals surface area contributed by atoms with E-state index in [4.69, 9.17) is 9.15 Å². The van der Waals surface area contributed by atoms with Crippen molar-refractivity contribution in [3.63, 3.8) is 0 Å². The molecule has 2 fully saturated rings. The molecule has 2 aromatic rings. The number of benzene rings is 1.